The largest absolute Gasteiger partial charge is 0.493 e. The van der Waals surface area contributed by atoms with Crippen LogP contribution < -0.4 is 20.2 Å². The number of benzene rings is 3. The van der Waals surface area contributed by atoms with Crippen molar-refractivity contribution in [2.24, 2.45) is 5.10 Å². The topological polar surface area (TPSA) is 128 Å². The third-order valence-electron chi connectivity index (χ3n) is 5.55. The van der Waals surface area contributed by atoms with Crippen LogP contribution in [0.15, 0.2) is 75.6 Å². The van der Waals surface area contributed by atoms with Crippen molar-refractivity contribution in [3.05, 3.63) is 103 Å². The molecule has 0 aliphatic rings. The quantitative estimate of drug-likeness (QED) is 0.102. The number of hydrazone groups is 1. The molecule has 218 valence electrons. The van der Waals surface area contributed by atoms with Crippen molar-refractivity contribution < 1.29 is 32.4 Å². The molecule has 0 bridgehead atoms. The number of carbonyl (C=O) groups is 1. The summed E-state index contributed by atoms with van der Waals surface area (Å²) >= 11 is 4.59. The number of halogens is 4. The van der Waals surface area contributed by atoms with Crippen LogP contribution in [-0.2, 0) is 24.0 Å². The Hall–Kier alpha value is -4.50. The molecule has 1 amide bonds. The second-order valence-corrected chi connectivity index (χ2v) is 10.3. The fraction of sp³-hybridized carbons (Fsp3) is 0.148. The molecule has 0 saturated heterocycles. The van der Waals surface area contributed by atoms with E-state index in [-0.39, 0.29) is 24.4 Å². The molecule has 1 heterocycles. The third-order valence-corrected chi connectivity index (χ3v) is 7.05. The molecule has 0 radical (unpaired) electrons. The van der Waals surface area contributed by atoms with Gasteiger partial charge in [0.15, 0.2) is 16.6 Å². The molecule has 0 aliphatic heterocycles. The second-order valence-electron chi connectivity index (χ2n) is 8.55. The molecular weight excluding hydrogens is 643 g/mol. The number of amides is 1. The maximum absolute atomic E-state index is 12.9. The van der Waals surface area contributed by atoms with E-state index < -0.39 is 22.6 Å². The summed E-state index contributed by atoms with van der Waals surface area (Å²) in [4.78, 5) is 27.0. The Morgan fingerprint density at radius 3 is 2.62 bits per heavy atom. The Kier molecular flexibility index (Phi) is 9.75. The second kappa shape index (κ2) is 13.4. The maximum atomic E-state index is 12.9. The summed E-state index contributed by atoms with van der Waals surface area (Å²) < 4.78 is 50.6. The van der Waals surface area contributed by atoms with Crippen molar-refractivity contribution >= 4 is 55.9 Å². The SMILES string of the molecule is COc1cc(/C=N\NC(=O)Cc2csc(Nc3cccc(C(F)(F)F)c3)n2)c(Br)cc1OCc1ccc([N+](=O)[O-])cc1. The summed E-state index contributed by atoms with van der Waals surface area (Å²) in [5, 5.41) is 19.6. The molecule has 4 aromatic rings. The van der Waals surface area contributed by atoms with E-state index in [4.69, 9.17) is 9.47 Å². The fourth-order valence-corrected chi connectivity index (χ4v) is 4.67. The number of anilines is 2. The van der Waals surface area contributed by atoms with E-state index in [1.54, 1.807) is 29.6 Å². The first-order chi connectivity index (χ1) is 20.0. The van der Waals surface area contributed by atoms with Gasteiger partial charge in [-0.1, -0.05) is 6.07 Å². The van der Waals surface area contributed by atoms with Gasteiger partial charge in [0, 0.05) is 33.2 Å². The van der Waals surface area contributed by atoms with Crippen molar-refractivity contribution in [1.82, 2.24) is 10.4 Å². The van der Waals surface area contributed by atoms with E-state index >= 15 is 0 Å². The number of nitrogens with zero attached hydrogens (tertiary/aromatic N) is 3. The Morgan fingerprint density at radius 2 is 1.93 bits per heavy atom. The Labute approximate surface area is 249 Å². The number of nitro benzene ring substituents is 1. The van der Waals surface area contributed by atoms with Gasteiger partial charge in [0.1, 0.15) is 6.61 Å². The number of ether oxygens (including phenoxy) is 2. The van der Waals surface area contributed by atoms with Crippen molar-refractivity contribution in [3.63, 3.8) is 0 Å². The van der Waals surface area contributed by atoms with Gasteiger partial charge in [-0.3, -0.25) is 14.9 Å². The predicted octanol–water partition coefficient (Wildman–Crippen LogP) is 6.86. The van der Waals surface area contributed by atoms with Crippen molar-refractivity contribution in [3.8, 4) is 11.5 Å². The van der Waals surface area contributed by atoms with E-state index in [0.29, 0.717) is 32.4 Å². The fourth-order valence-electron chi connectivity index (χ4n) is 3.52. The van der Waals surface area contributed by atoms with E-state index in [1.165, 1.54) is 37.6 Å². The summed E-state index contributed by atoms with van der Waals surface area (Å²) in [5.74, 6) is 0.367. The molecule has 0 fully saturated rings. The maximum Gasteiger partial charge on any atom is 0.416 e. The summed E-state index contributed by atoms with van der Waals surface area (Å²) in [6, 6.07) is 14.0. The minimum Gasteiger partial charge on any atom is -0.493 e. The average molecular weight is 664 g/mol. The van der Waals surface area contributed by atoms with E-state index in [9.17, 15) is 28.1 Å². The van der Waals surface area contributed by atoms with Gasteiger partial charge in [0.25, 0.3) is 5.69 Å². The molecule has 10 nitrogen and oxygen atoms in total. The highest BCUT2D eigenvalue weighted by Gasteiger charge is 2.30. The number of alkyl halides is 3. The summed E-state index contributed by atoms with van der Waals surface area (Å²) in [6.07, 6.45) is -3.15. The lowest BCUT2D eigenvalue weighted by Gasteiger charge is -2.12. The van der Waals surface area contributed by atoms with Gasteiger partial charge in [-0.25, -0.2) is 10.4 Å². The smallest absolute Gasteiger partial charge is 0.416 e. The zero-order chi connectivity index (χ0) is 30.3. The molecule has 4 rings (SSSR count). The number of aromatic nitrogens is 1. The number of carbonyl (C=O) groups excluding carboxylic acids is 1. The van der Waals surface area contributed by atoms with Crippen LogP contribution in [-0.4, -0.2) is 29.1 Å². The van der Waals surface area contributed by atoms with E-state index in [1.807, 2.05) is 0 Å². The van der Waals surface area contributed by atoms with Gasteiger partial charge in [-0.05, 0) is 64.0 Å². The lowest BCUT2D eigenvalue weighted by atomic mass is 10.2. The van der Waals surface area contributed by atoms with Crippen LogP contribution in [0.1, 0.15) is 22.4 Å². The van der Waals surface area contributed by atoms with Crippen molar-refractivity contribution in [2.75, 3.05) is 12.4 Å². The first kappa shape index (κ1) is 30.5. The number of non-ortho nitro benzene ring substituents is 1. The van der Waals surface area contributed by atoms with Crippen LogP contribution in [0.4, 0.5) is 29.7 Å². The highest BCUT2D eigenvalue weighted by atomic mass is 79.9. The molecule has 3 aromatic carbocycles. The minimum absolute atomic E-state index is 0.0165. The summed E-state index contributed by atoms with van der Waals surface area (Å²) in [6.45, 7) is 0.151. The van der Waals surface area contributed by atoms with Crippen LogP contribution in [0.5, 0.6) is 11.5 Å². The van der Waals surface area contributed by atoms with Crippen molar-refractivity contribution in [1.29, 1.82) is 0 Å². The molecule has 0 spiro atoms. The number of thiazole rings is 1. The van der Waals surface area contributed by atoms with Gasteiger partial charge < -0.3 is 14.8 Å². The lowest BCUT2D eigenvalue weighted by Crippen LogP contribution is -2.20. The van der Waals surface area contributed by atoms with Crippen LogP contribution in [0.3, 0.4) is 0 Å². The molecule has 0 saturated carbocycles. The van der Waals surface area contributed by atoms with Gasteiger partial charge in [0.05, 0.1) is 35.9 Å². The number of methoxy groups -OCH3 is 1. The highest BCUT2D eigenvalue weighted by molar-refractivity contribution is 9.10. The molecule has 2 N–H and O–H groups in total. The molecular formula is C27H21BrF3N5O5S. The number of rotatable bonds is 11. The normalized spacial score (nSPS) is 11.4. The molecule has 0 aliphatic carbocycles. The molecule has 42 heavy (non-hydrogen) atoms. The third kappa shape index (κ3) is 8.27. The predicted molar refractivity (Wildman–Crippen MR) is 154 cm³/mol. The molecule has 15 heteroatoms. The number of hydrogen-bond donors (Lipinski definition) is 2. The molecule has 0 unspecified atom stereocenters. The zero-order valence-electron chi connectivity index (χ0n) is 21.6. The minimum atomic E-state index is -4.46. The van der Waals surface area contributed by atoms with Gasteiger partial charge in [-0.15, -0.1) is 11.3 Å². The van der Waals surface area contributed by atoms with Crippen molar-refractivity contribution in [2.45, 2.75) is 19.2 Å². The van der Waals surface area contributed by atoms with Gasteiger partial charge in [0.2, 0.25) is 5.91 Å². The van der Waals surface area contributed by atoms with Gasteiger partial charge >= 0.3 is 6.18 Å². The Bertz CT molecular complexity index is 1610. The number of hydrogen-bond acceptors (Lipinski definition) is 9. The lowest BCUT2D eigenvalue weighted by molar-refractivity contribution is -0.384. The molecule has 0 atom stereocenters. The monoisotopic (exact) mass is 663 g/mol. The van der Waals surface area contributed by atoms with Gasteiger partial charge in [-0.2, -0.15) is 18.3 Å². The standard InChI is InChI=1S/C27H21BrF3N5O5S/c1-40-23-9-17(22(28)12-24(23)41-14-16-5-7-21(8-6-16)36(38)39)13-32-35-25(37)11-20-15-42-26(34-20)33-19-4-2-3-18(10-19)27(29,30)31/h2-10,12-13,15H,11,14H2,1H3,(H,33,34)(H,35,37)/b32-13-. The first-order valence-electron chi connectivity index (χ1n) is 12.0. The van der Waals surface area contributed by atoms with Crippen LogP contribution in [0.25, 0.3) is 0 Å². The summed E-state index contributed by atoms with van der Waals surface area (Å²) in [5.41, 5.74) is 3.56. The Morgan fingerprint density at radius 1 is 1.17 bits per heavy atom. The van der Waals surface area contributed by atoms with E-state index in [2.05, 4.69) is 36.8 Å². The summed E-state index contributed by atoms with van der Waals surface area (Å²) in [7, 11) is 1.47. The zero-order valence-corrected chi connectivity index (χ0v) is 24.0. The van der Waals surface area contributed by atoms with E-state index in [0.717, 1.165) is 29.0 Å². The highest BCUT2D eigenvalue weighted by Crippen LogP contribution is 2.34. The van der Waals surface area contributed by atoms with Crippen LogP contribution in [0, 0.1) is 10.1 Å². The average Bonchev–Trinajstić information content (AvgIpc) is 3.38. The number of nitrogens with one attached hydrogen (secondary N) is 2. The van der Waals surface area contributed by atoms with Crippen LogP contribution in [0.2, 0.25) is 0 Å². The Balaban J connectivity index is 1.32. The number of nitro groups is 1. The van der Waals surface area contributed by atoms with Crippen LogP contribution >= 0.6 is 27.3 Å². The first-order valence-corrected chi connectivity index (χ1v) is 13.6. The molecule has 1 aromatic heterocycles.